The highest BCUT2D eigenvalue weighted by Crippen LogP contribution is 2.12. The van der Waals surface area contributed by atoms with E-state index < -0.39 is 17.6 Å². The minimum atomic E-state index is -0.903. The second-order valence-electron chi connectivity index (χ2n) is 6.94. The summed E-state index contributed by atoms with van der Waals surface area (Å²) in [5.74, 6) is -2.07. The van der Waals surface area contributed by atoms with E-state index in [1.54, 1.807) is 42.5 Å². The zero-order valence-electron chi connectivity index (χ0n) is 17.7. The SMILES string of the molecule is Cc1cccc(NC(=O)C(=O)N/N=C\c2ccc(OCC(=O)Nc3ccc(F)cc3)cc2)c1. The van der Waals surface area contributed by atoms with E-state index in [0.717, 1.165) is 5.56 Å². The Kier molecular flexibility index (Phi) is 7.85. The van der Waals surface area contributed by atoms with Gasteiger partial charge in [-0.2, -0.15) is 5.10 Å². The van der Waals surface area contributed by atoms with Gasteiger partial charge in [0.1, 0.15) is 11.6 Å². The summed E-state index contributed by atoms with van der Waals surface area (Å²) >= 11 is 0. The Bertz CT molecular complexity index is 1160. The highest BCUT2D eigenvalue weighted by atomic mass is 19.1. The number of nitrogens with one attached hydrogen (secondary N) is 3. The summed E-state index contributed by atoms with van der Waals surface area (Å²) in [4.78, 5) is 35.7. The minimum Gasteiger partial charge on any atom is -0.484 e. The number of benzene rings is 3. The second-order valence-corrected chi connectivity index (χ2v) is 6.94. The van der Waals surface area contributed by atoms with Gasteiger partial charge in [0.2, 0.25) is 0 Å². The molecule has 0 spiro atoms. The van der Waals surface area contributed by atoms with E-state index in [0.29, 0.717) is 22.7 Å². The lowest BCUT2D eigenvalue weighted by Gasteiger charge is -2.07. The van der Waals surface area contributed by atoms with Gasteiger partial charge in [-0.25, -0.2) is 9.82 Å². The number of hydrazone groups is 1. The molecule has 0 aliphatic rings. The van der Waals surface area contributed by atoms with E-state index >= 15 is 0 Å². The zero-order chi connectivity index (χ0) is 23.6. The van der Waals surface area contributed by atoms with Crippen LogP contribution in [0.5, 0.6) is 5.75 Å². The van der Waals surface area contributed by atoms with Crippen molar-refractivity contribution >= 4 is 35.3 Å². The van der Waals surface area contributed by atoms with Crippen LogP contribution >= 0.6 is 0 Å². The van der Waals surface area contributed by atoms with Crippen LogP contribution in [0, 0.1) is 12.7 Å². The number of nitrogens with zero attached hydrogens (tertiary/aromatic N) is 1. The van der Waals surface area contributed by atoms with Gasteiger partial charge >= 0.3 is 11.8 Å². The Morgan fingerprint density at radius 3 is 2.33 bits per heavy atom. The molecule has 3 rings (SSSR count). The number of rotatable bonds is 7. The largest absolute Gasteiger partial charge is 0.484 e. The van der Waals surface area contributed by atoms with E-state index in [1.807, 2.05) is 13.0 Å². The molecule has 0 unspecified atom stereocenters. The van der Waals surface area contributed by atoms with Gasteiger partial charge in [0.25, 0.3) is 5.91 Å². The van der Waals surface area contributed by atoms with Crippen molar-refractivity contribution in [3.05, 3.63) is 89.7 Å². The van der Waals surface area contributed by atoms with Crippen LogP contribution in [-0.4, -0.2) is 30.5 Å². The predicted molar refractivity (Wildman–Crippen MR) is 123 cm³/mol. The van der Waals surface area contributed by atoms with Crippen LogP contribution < -0.4 is 20.8 Å². The summed E-state index contributed by atoms with van der Waals surface area (Å²) in [5.41, 5.74) is 4.72. The maximum absolute atomic E-state index is 12.9. The lowest BCUT2D eigenvalue weighted by Crippen LogP contribution is -2.32. The molecular weight excluding hydrogens is 427 g/mol. The quantitative estimate of drug-likeness (QED) is 0.293. The Balaban J connectivity index is 1.42. The molecule has 0 atom stereocenters. The monoisotopic (exact) mass is 448 g/mol. The van der Waals surface area contributed by atoms with Gasteiger partial charge in [-0.3, -0.25) is 14.4 Å². The van der Waals surface area contributed by atoms with E-state index in [9.17, 15) is 18.8 Å². The van der Waals surface area contributed by atoms with Gasteiger partial charge in [-0.15, -0.1) is 0 Å². The average molecular weight is 448 g/mol. The molecule has 8 nitrogen and oxygen atoms in total. The van der Waals surface area contributed by atoms with E-state index in [1.165, 1.54) is 30.5 Å². The minimum absolute atomic E-state index is 0.225. The highest BCUT2D eigenvalue weighted by Gasteiger charge is 2.12. The van der Waals surface area contributed by atoms with Crippen LogP contribution in [0.25, 0.3) is 0 Å². The zero-order valence-corrected chi connectivity index (χ0v) is 17.7. The number of carbonyl (C=O) groups excluding carboxylic acids is 3. The molecule has 33 heavy (non-hydrogen) atoms. The van der Waals surface area contributed by atoms with Crippen LogP contribution in [-0.2, 0) is 14.4 Å². The maximum atomic E-state index is 12.9. The van der Waals surface area contributed by atoms with Gasteiger partial charge in [-0.05, 0) is 78.7 Å². The third-order valence-electron chi connectivity index (χ3n) is 4.24. The summed E-state index contributed by atoms with van der Waals surface area (Å²) < 4.78 is 18.3. The first-order valence-electron chi connectivity index (χ1n) is 9.88. The van der Waals surface area contributed by atoms with Crippen molar-refractivity contribution in [2.75, 3.05) is 17.2 Å². The molecule has 0 saturated heterocycles. The molecule has 0 saturated carbocycles. The summed E-state index contributed by atoms with van der Waals surface area (Å²) in [6.45, 7) is 1.65. The Labute approximate surface area is 189 Å². The summed E-state index contributed by atoms with van der Waals surface area (Å²) in [7, 11) is 0. The molecule has 0 fully saturated rings. The molecule has 0 radical (unpaired) electrons. The maximum Gasteiger partial charge on any atom is 0.329 e. The number of halogens is 1. The highest BCUT2D eigenvalue weighted by molar-refractivity contribution is 6.39. The lowest BCUT2D eigenvalue weighted by molar-refractivity contribution is -0.136. The molecule has 0 aliphatic heterocycles. The number of aryl methyl sites for hydroxylation is 1. The third kappa shape index (κ3) is 7.59. The van der Waals surface area contributed by atoms with Crippen molar-refractivity contribution in [1.82, 2.24) is 5.43 Å². The van der Waals surface area contributed by atoms with Crippen molar-refractivity contribution in [3.8, 4) is 5.75 Å². The summed E-state index contributed by atoms with van der Waals surface area (Å²) in [6, 6.07) is 19.0. The standard InChI is InChI=1S/C24H21FN4O4/c1-16-3-2-4-20(13-16)28-23(31)24(32)29-26-14-17-5-11-21(12-6-17)33-15-22(30)27-19-9-7-18(25)8-10-19/h2-14H,15H2,1H3,(H,27,30)(H,28,31)(H,29,32)/b26-14-. The molecule has 168 valence electrons. The fraction of sp³-hybridized carbons (Fsp3) is 0.0833. The normalized spacial score (nSPS) is 10.5. The number of amides is 3. The summed E-state index contributed by atoms with van der Waals surface area (Å²) in [6.07, 6.45) is 1.36. The molecule has 0 heterocycles. The first kappa shape index (κ1) is 23.1. The smallest absolute Gasteiger partial charge is 0.329 e. The number of hydrogen-bond donors (Lipinski definition) is 3. The van der Waals surface area contributed by atoms with Crippen LogP contribution in [0.4, 0.5) is 15.8 Å². The van der Waals surface area contributed by atoms with Crippen LogP contribution in [0.1, 0.15) is 11.1 Å². The predicted octanol–water partition coefficient (Wildman–Crippen LogP) is 3.24. The van der Waals surface area contributed by atoms with E-state index in [-0.39, 0.29) is 12.5 Å². The van der Waals surface area contributed by atoms with Gasteiger partial charge < -0.3 is 15.4 Å². The first-order valence-corrected chi connectivity index (χ1v) is 9.88. The summed E-state index contributed by atoms with van der Waals surface area (Å²) in [5, 5.41) is 8.84. The van der Waals surface area contributed by atoms with Crippen LogP contribution in [0.3, 0.4) is 0 Å². The van der Waals surface area contributed by atoms with Gasteiger partial charge in [0.15, 0.2) is 6.61 Å². The van der Waals surface area contributed by atoms with Gasteiger partial charge in [-0.1, -0.05) is 12.1 Å². The lowest BCUT2D eigenvalue weighted by atomic mass is 10.2. The van der Waals surface area contributed by atoms with Crippen molar-refractivity contribution in [2.45, 2.75) is 6.92 Å². The van der Waals surface area contributed by atoms with Crippen LogP contribution in [0.15, 0.2) is 77.9 Å². The van der Waals surface area contributed by atoms with Crippen molar-refractivity contribution in [1.29, 1.82) is 0 Å². The van der Waals surface area contributed by atoms with Gasteiger partial charge in [0.05, 0.1) is 6.21 Å². The molecule has 0 aromatic heterocycles. The molecule has 0 bridgehead atoms. The van der Waals surface area contributed by atoms with E-state index in [4.69, 9.17) is 4.74 Å². The topological polar surface area (TPSA) is 109 Å². The Morgan fingerprint density at radius 2 is 1.64 bits per heavy atom. The second kappa shape index (κ2) is 11.2. The fourth-order valence-corrected chi connectivity index (χ4v) is 2.66. The molecular formula is C24H21FN4O4. The van der Waals surface area contributed by atoms with Crippen molar-refractivity contribution in [2.24, 2.45) is 5.10 Å². The fourth-order valence-electron chi connectivity index (χ4n) is 2.66. The number of ether oxygens (including phenoxy) is 1. The molecule has 3 N–H and O–H groups in total. The third-order valence-corrected chi connectivity index (χ3v) is 4.24. The Hall–Kier alpha value is -4.53. The molecule has 3 amide bonds. The molecule has 3 aromatic carbocycles. The van der Waals surface area contributed by atoms with Gasteiger partial charge in [0, 0.05) is 11.4 Å². The molecule has 3 aromatic rings. The number of carbonyl (C=O) groups is 3. The van der Waals surface area contributed by atoms with Crippen molar-refractivity contribution in [3.63, 3.8) is 0 Å². The number of hydrogen-bond acceptors (Lipinski definition) is 5. The van der Waals surface area contributed by atoms with Crippen molar-refractivity contribution < 1.29 is 23.5 Å². The Morgan fingerprint density at radius 1 is 0.909 bits per heavy atom. The van der Waals surface area contributed by atoms with Crippen LogP contribution in [0.2, 0.25) is 0 Å². The van der Waals surface area contributed by atoms with E-state index in [2.05, 4.69) is 21.2 Å². The molecule has 9 heteroatoms. The first-order chi connectivity index (χ1) is 15.9. The number of anilines is 2. The average Bonchev–Trinajstić information content (AvgIpc) is 2.80. The molecule has 0 aliphatic carbocycles.